The van der Waals surface area contributed by atoms with Crippen molar-refractivity contribution in [2.45, 2.75) is 38.3 Å². The van der Waals surface area contributed by atoms with Crippen LogP contribution in [-0.2, 0) is 9.84 Å². The van der Waals surface area contributed by atoms with Crippen molar-refractivity contribution in [3.8, 4) is 5.69 Å². The molecule has 138 valence electrons. The zero-order valence-electron chi connectivity index (χ0n) is 14.4. The highest BCUT2D eigenvalue weighted by molar-refractivity contribution is 7.91. The van der Waals surface area contributed by atoms with E-state index < -0.39 is 15.7 Å². The molecule has 8 heteroatoms. The molecule has 1 aliphatic carbocycles. The van der Waals surface area contributed by atoms with E-state index in [0.717, 1.165) is 12.8 Å². The maximum Gasteiger partial charge on any atom is 0.257 e. The molecular formula is C18H20FN3O3S. The zero-order chi connectivity index (χ0) is 18.5. The van der Waals surface area contributed by atoms with Crippen LogP contribution in [0.15, 0.2) is 30.5 Å². The molecule has 2 heterocycles. The molecule has 1 aromatic heterocycles. The van der Waals surface area contributed by atoms with Crippen LogP contribution in [0.5, 0.6) is 0 Å². The number of halogens is 1. The second kappa shape index (κ2) is 6.19. The molecule has 1 saturated carbocycles. The van der Waals surface area contributed by atoms with E-state index in [1.165, 1.54) is 16.9 Å². The largest absolute Gasteiger partial charge is 0.332 e. The van der Waals surface area contributed by atoms with Gasteiger partial charge in [-0.1, -0.05) is 12.1 Å². The van der Waals surface area contributed by atoms with Crippen molar-refractivity contribution >= 4 is 15.7 Å². The van der Waals surface area contributed by atoms with Crippen molar-refractivity contribution in [2.75, 3.05) is 11.5 Å². The molecule has 26 heavy (non-hydrogen) atoms. The number of rotatable bonds is 4. The molecule has 0 radical (unpaired) electrons. The first-order valence-corrected chi connectivity index (χ1v) is 10.5. The number of hydrogen-bond donors (Lipinski definition) is 0. The third-order valence-electron chi connectivity index (χ3n) is 5.10. The quantitative estimate of drug-likeness (QED) is 0.818. The number of benzene rings is 1. The molecule has 1 unspecified atom stereocenters. The second-order valence-electron chi connectivity index (χ2n) is 7.01. The van der Waals surface area contributed by atoms with Gasteiger partial charge in [-0.2, -0.15) is 5.10 Å². The Hall–Kier alpha value is -2.22. The summed E-state index contributed by atoms with van der Waals surface area (Å²) >= 11 is 0. The molecule has 1 saturated heterocycles. The summed E-state index contributed by atoms with van der Waals surface area (Å²) in [5, 5.41) is 4.20. The van der Waals surface area contributed by atoms with Crippen LogP contribution in [-0.4, -0.2) is 52.6 Å². The normalized spacial score (nSPS) is 21.7. The third kappa shape index (κ3) is 3.02. The molecule has 2 aliphatic rings. The fourth-order valence-corrected chi connectivity index (χ4v) is 5.31. The lowest BCUT2D eigenvalue weighted by molar-refractivity contribution is 0.0680. The molecule has 1 atom stereocenters. The summed E-state index contributed by atoms with van der Waals surface area (Å²) < 4.78 is 39.2. The van der Waals surface area contributed by atoms with Crippen LogP contribution in [0.3, 0.4) is 0 Å². The van der Waals surface area contributed by atoms with Gasteiger partial charge in [0, 0.05) is 12.1 Å². The summed E-state index contributed by atoms with van der Waals surface area (Å²) in [5.41, 5.74) is 1.22. The van der Waals surface area contributed by atoms with Gasteiger partial charge < -0.3 is 4.90 Å². The minimum absolute atomic E-state index is 0.0235. The average Bonchev–Trinajstić information content (AvgIpc) is 3.25. The van der Waals surface area contributed by atoms with Crippen molar-refractivity contribution < 1.29 is 17.6 Å². The molecule has 1 amide bonds. The van der Waals surface area contributed by atoms with Crippen LogP contribution in [0.2, 0.25) is 0 Å². The van der Waals surface area contributed by atoms with E-state index >= 15 is 0 Å². The number of nitrogens with zero attached hydrogens (tertiary/aromatic N) is 3. The van der Waals surface area contributed by atoms with Crippen LogP contribution in [0.25, 0.3) is 5.69 Å². The molecule has 1 aromatic carbocycles. The maximum atomic E-state index is 14.1. The Morgan fingerprint density at radius 3 is 2.58 bits per heavy atom. The minimum Gasteiger partial charge on any atom is -0.332 e. The number of carbonyl (C=O) groups excluding carboxylic acids is 1. The molecule has 1 aliphatic heterocycles. The fraction of sp³-hybridized carbons (Fsp3) is 0.444. The molecule has 0 spiro atoms. The molecule has 0 N–H and O–H groups in total. The maximum absolute atomic E-state index is 14.1. The van der Waals surface area contributed by atoms with E-state index in [9.17, 15) is 17.6 Å². The molecular weight excluding hydrogens is 357 g/mol. The lowest BCUT2D eigenvalue weighted by Crippen LogP contribution is -2.42. The Labute approximate surface area is 151 Å². The number of hydrogen-bond acceptors (Lipinski definition) is 4. The van der Waals surface area contributed by atoms with E-state index in [-0.39, 0.29) is 35.2 Å². The highest BCUT2D eigenvalue weighted by Crippen LogP contribution is 2.34. The fourth-order valence-electron chi connectivity index (χ4n) is 3.60. The van der Waals surface area contributed by atoms with E-state index in [2.05, 4.69) is 5.10 Å². The van der Waals surface area contributed by atoms with Gasteiger partial charge in [0.15, 0.2) is 9.84 Å². The lowest BCUT2D eigenvalue weighted by Gasteiger charge is -2.28. The number of carbonyl (C=O) groups is 1. The Morgan fingerprint density at radius 1 is 1.23 bits per heavy atom. The van der Waals surface area contributed by atoms with E-state index in [1.807, 2.05) is 0 Å². The molecule has 6 nitrogen and oxygen atoms in total. The SMILES string of the molecule is Cc1c(C(=O)N(C2CC2)C2CCS(=O)(=O)C2)cnn1-c1ccccc1F. The monoisotopic (exact) mass is 377 g/mol. The van der Waals surface area contributed by atoms with Gasteiger partial charge in [0.1, 0.15) is 11.5 Å². The van der Waals surface area contributed by atoms with Gasteiger partial charge >= 0.3 is 0 Å². The first-order valence-electron chi connectivity index (χ1n) is 8.70. The second-order valence-corrected chi connectivity index (χ2v) is 9.24. The van der Waals surface area contributed by atoms with Crippen LogP contribution in [0.4, 0.5) is 4.39 Å². The number of para-hydroxylation sites is 1. The summed E-state index contributed by atoms with van der Waals surface area (Å²) in [7, 11) is -3.08. The van der Waals surface area contributed by atoms with Crippen molar-refractivity contribution in [3.05, 3.63) is 47.5 Å². The Morgan fingerprint density at radius 2 is 1.96 bits per heavy atom. The summed E-state index contributed by atoms with van der Waals surface area (Å²) in [6, 6.07) is 6.07. The summed E-state index contributed by atoms with van der Waals surface area (Å²) in [6.45, 7) is 1.73. The standard InChI is InChI=1S/C18H20FN3O3S/c1-12-15(10-20-22(12)17-5-3-2-4-16(17)19)18(23)21(13-6-7-13)14-8-9-26(24,25)11-14/h2-5,10,13-14H,6-9,11H2,1H3. The van der Waals surface area contributed by atoms with Gasteiger partial charge in [-0.15, -0.1) is 0 Å². The van der Waals surface area contributed by atoms with E-state index in [0.29, 0.717) is 17.7 Å². The van der Waals surface area contributed by atoms with Gasteiger partial charge in [0.25, 0.3) is 5.91 Å². The zero-order valence-corrected chi connectivity index (χ0v) is 15.2. The smallest absolute Gasteiger partial charge is 0.257 e. The Bertz CT molecular complexity index is 966. The van der Waals surface area contributed by atoms with Crippen molar-refractivity contribution in [1.82, 2.24) is 14.7 Å². The molecule has 4 rings (SSSR count). The lowest BCUT2D eigenvalue weighted by atomic mass is 10.1. The minimum atomic E-state index is -3.08. The Balaban J connectivity index is 1.67. The highest BCUT2D eigenvalue weighted by atomic mass is 32.2. The predicted molar refractivity (Wildman–Crippen MR) is 94.5 cm³/mol. The van der Waals surface area contributed by atoms with Crippen molar-refractivity contribution in [1.29, 1.82) is 0 Å². The molecule has 0 bridgehead atoms. The first-order chi connectivity index (χ1) is 12.4. The summed E-state index contributed by atoms with van der Waals surface area (Å²) in [4.78, 5) is 14.9. The van der Waals surface area contributed by atoms with Gasteiger partial charge in [0.05, 0.1) is 29.0 Å². The topological polar surface area (TPSA) is 72.3 Å². The molecule has 2 fully saturated rings. The highest BCUT2D eigenvalue weighted by Gasteiger charge is 2.43. The third-order valence-corrected chi connectivity index (χ3v) is 6.85. The summed E-state index contributed by atoms with van der Waals surface area (Å²) in [6.07, 6.45) is 3.71. The van der Waals surface area contributed by atoms with Crippen LogP contribution < -0.4 is 0 Å². The van der Waals surface area contributed by atoms with Crippen LogP contribution in [0, 0.1) is 12.7 Å². The number of aromatic nitrogens is 2. The van der Waals surface area contributed by atoms with Gasteiger partial charge in [-0.05, 0) is 38.3 Å². The number of amides is 1. The van der Waals surface area contributed by atoms with E-state index in [4.69, 9.17) is 0 Å². The number of sulfone groups is 1. The van der Waals surface area contributed by atoms with Crippen molar-refractivity contribution in [2.24, 2.45) is 0 Å². The Kier molecular flexibility index (Phi) is 4.10. The van der Waals surface area contributed by atoms with Crippen LogP contribution in [0.1, 0.15) is 35.3 Å². The van der Waals surface area contributed by atoms with Crippen molar-refractivity contribution in [3.63, 3.8) is 0 Å². The van der Waals surface area contributed by atoms with Crippen LogP contribution >= 0.6 is 0 Å². The van der Waals surface area contributed by atoms with Gasteiger partial charge in [-0.3, -0.25) is 4.79 Å². The van der Waals surface area contributed by atoms with E-state index in [1.54, 1.807) is 30.0 Å². The predicted octanol–water partition coefficient (Wildman–Crippen LogP) is 2.11. The first kappa shape index (κ1) is 17.2. The average molecular weight is 377 g/mol. The summed E-state index contributed by atoms with van der Waals surface area (Å²) in [5.74, 6) is -0.481. The van der Waals surface area contributed by atoms with Gasteiger partial charge in [0.2, 0.25) is 0 Å². The van der Waals surface area contributed by atoms with Gasteiger partial charge in [-0.25, -0.2) is 17.5 Å². The molecule has 2 aromatic rings.